The molecule has 0 heterocycles. The van der Waals surface area contributed by atoms with Crippen LogP contribution in [0.2, 0.25) is 0 Å². The monoisotopic (exact) mass is 300 g/mol. The average Bonchev–Trinajstić information content (AvgIpc) is 2.60. The molecule has 0 nitrogen and oxygen atoms in total. The zero-order chi connectivity index (χ0) is 7.52. The second kappa shape index (κ2) is 5.14. The van der Waals surface area contributed by atoms with Crippen LogP contribution in [0, 0.1) is 0 Å². The molecule has 2 heteroatoms. The second-order valence-electron chi connectivity index (χ2n) is 2.77. The van der Waals surface area contributed by atoms with Crippen LogP contribution in [0.15, 0.2) is 43.0 Å². The van der Waals surface area contributed by atoms with E-state index in [9.17, 15) is 0 Å². The van der Waals surface area contributed by atoms with Crippen molar-refractivity contribution in [3.8, 4) is 0 Å². The maximum Gasteiger partial charge on any atom is -1.00 e. The minimum Gasteiger partial charge on any atom is -1.00 e. The van der Waals surface area contributed by atoms with E-state index in [-0.39, 0.29) is 41.6 Å². The van der Waals surface area contributed by atoms with Crippen molar-refractivity contribution >= 4 is 0 Å². The van der Waals surface area contributed by atoms with Gasteiger partial charge in [-0.05, 0) is 0 Å². The summed E-state index contributed by atoms with van der Waals surface area (Å²) >= 11 is -0.312. The van der Waals surface area contributed by atoms with Crippen molar-refractivity contribution in [2.45, 2.75) is 12.8 Å². The van der Waals surface area contributed by atoms with Gasteiger partial charge in [0.25, 0.3) is 0 Å². The van der Waals surface area contributed by atoms with E-state index in [0.29, 0.717) is 0 Å². The molecule has 0 fully saturated rings. The van der Waals surface area contributed by atoms with E-state index >= 15 is 0 Å². The Kier molecular flexibility index (Phi) is 4.46. The summed E-state index contributed by atoms with van der Waals surface area (Å²) in [4.78, 5) is 0. The zero-order valence-corrected chi connectivity index (χ0v) is 10.8. The second-order valence-corrected chi connectivity index (χ2v) is 6.55. The van der Waals surface area contributed by atoms with Crippen LogP contribution in [-0.4, -0.2) is 0 Å². The van der Waals surface area contributed by atoms with Crippen LogP contribution < -0.4 is 17.0 Å². The molecule has 0 aliphatic heterocycles. The summed E-state index contributed by atoms with van der Waals surface area (Å²) in [5, 5.41) is 0. The van der Waals surface area contributed by atoms with Gasteiger partial charge < -0.3 is 18.4 Å². The molecule has 0 radical (unpaired) electrons. The van der Waals surface area contributed by atoms with Crippen LogP contribution >= 0.6 is 0 Å². The van der Waals surface area contributed by atoms with Crippen molar-refractivity contribution < 1.29 is 41.6 Å². The molecule has 0 saturated carbocycles. The molecule has 0 aromatic rings. The van der Waals surface area contributed by atoms with Crippen molar-refractivity contribution in [3.05, 3.63) is 43.0 Å². The smallest absolute Gasteiger partial charge is 1.00 e. The van der Waals surface area contributed by atoms with Crippen molar-refractivity contribution in [2.24, 2.45) is 0 Å². The molecular formula is C10H11BrZr. The Morgan fingerprint density at radius 1 is 1.00 bits per heavy atom. The first kappa shape index (κ1) is 10.4. The topological polar surface area (TPSA) is 0 Å². The predicted octanol–water partition coefficient (Wildman–Crippen LogP) is -0.127. The largest absolute Gasteiger partial charge is 1.00 e. The standard InChI is InChI=1S/2C5H5.BrH.Zr.H/c2*1-2-4-5-3-1;;;/h2*1-3H,4H2;1H;;/q;;;+2;-1/p-1. The maximum atomic E-state index is 2.31. The van der Waals surface area contributed by atoms with E-state index in [2.05, 4.69) is 36.5 Å². The number of hydrogen-bond donors (Lipinski definition) is 0. The van der Waals surface area contributed by atoms with E-state index in [0.717, 1.165) is 0 Å². The molecule has 0 unspecified atom stereocenters. The average molecular weight is 302 g/mol. The molecule has 0 aromatic carbocycles. The fourth-order valence-electron chi connectivity index (χ4n) is 1.29. The van der Waals surface area contributed by atoms with E-state index in [4.69, 9.17) is 0 Å². The van der Waals surface area contributed by atoms with Gasteiger partial charge in [-0.15, -0.1) is 0 Å². The van der Waals surface area contributed by atoms with Crippen LogP contribution in [0.5, 0.6) is 0 Å². The molecule has 2 aliphatic carbocycles. The van der Waals surface area contributed by atoms with Gasteiger partial charge in [0.05, 0.1) is 0 Å². The molecule has 0 N–H and O–H groups in total. The van der Waals surface area contributed by atoms with Crippen molar-refractivity contribution in [1.82, 2.24) is 0 Å². The van der Waals surface area contributed by atoms with Gasteiger partial charge in [0, 0.05) is 0 Å². The van der Waals surface area contributed by atoms with Gasteiger partial charge in [-0.25, -0.2) is 0 Å². The van der Waals surface area contributed by atoms with Crippen LogP contribution in [0.25, 0.3) is 0 Å². The zero-order valence-electron chi connectivity index (χ0n) is 7.76. The van der Waals surface area contributed by atoms with Crippen LogP contribution in [0.3, 0.4) is 0 Å². The van der Waals surface area contributed by atoms with Crippen LogP contribution in [0.1, 0.15) is 14.3 Å². The molecule has 0 aromatic heterocycles. The molecule has 2 aliphatic rings. The number of halogens is 1. The summed E-state index contributed by atoms with van der Waals surface area (Å²) in [6.45, 7) is 0. The first-order chi connectivity index (χ1) is 5.45. The summed E-state index contributed by atoms with van der Waals surface area (Å²) in [5.74, 6) is 0. The summed E-state index contributed by atoms with van der Waals surface area (Å²) < 4.78 is 3.45. The van der Waals surface area contributed by atoms with Crippen molar-refractivity contribution in [1.29, 1.82) is 0 Å². The molecule has 0 spiro atoms. The fraction of sp³-hybridized carbons (Fsp3) is 0.200. The number of allylic oxidation sites excluding steroid dienone is 8. The fourth-order valence-corrected chi connectivity index (χ4v) is 4.26. The number of rotatable bonds is 2. The third-order valence-corrected chi connectivity index (χ3v) is 5.27. The van der Waals surface area contributed by atoms with Gasteiger partial charge in [-0.3, -0.25) is 0 Å². The van der Waals surface area contributed by atoms with Gasteiger partial charge in [0.1, 0.15) is 0 Å². The molecule has 0 amide bonds. The Labute approximate surface area is 96.9 Å². The third-order valence-electron chi connectivity index (χ3n) is 1.86. The SMILES string of the molecule is C1=CC[C]([Zr+2][C]2=CC=CC2)=C1.[Br-].[H-]. The molecular weight excluding hydrogens is 291 g/mol. The molecule has 12 heavy (non-hydrogen) atoms. The molecule has 62 valence electrons. The van der Waals surface area contributed by atoms with Crippen molar-refractivity contribution in [3.63, 3.8) is 0 Å². The Hall–Kier alpha value is 0.323. The summed E-state index contributed by atoms with van der Waals surface area (Å²) in [6, 6.07) is 0. The molecule has 0 saturated heterocycles. The molecule has 0 bridgehead atoms. The summed E-state index contributed by atoms with van der Waals surface area (Å²) in [5.41, 5.74) is 0. The Morgan fingerprint density at radius 2 is 1.50 bits per heavy atom. The number of hydrogen-bond acceptors (Lipinski definition) is 0. The quantitative estimate of drug-likeness (QED) is 0.667. The minimum absolute atomic E-state index is 0. The van der Waals surface area contributed by atoms with E-state index in [1.54, 1.807) is 6.56 Å². The van der Waals surface area contributed by atoms with Gasteiger partial charge in [-0.2, -0.15) is 0 Å². The van der Waals surface area contributed by atoms with Gasteiger partial charge in [0.15, 0.2) is 0 Å². The normalized spacial score (nSPS) is 18.3. The van der Waals surface area contributed by atoms with Crippen LogP contribution in [-0.2, 0) is 23.2 Å². The van der Waals surface area contributed by atoms with Gasteiger partial charge in [0.2, 0.25) is 0 Å². The first-order valence-corrected chi connectivity index (χ1v) is 6.39. The van der Waals surface area contributed by atoms with Gasteiger partial charge >= 0.3 is 79.1 Å². The third kappa shape index (κ3) is 2.67. The van der Waals surface area contributed by atoms with Gasteiger partial charge in [-0.1, -0.05) is 0 Å². The predicted molar refractivity (Wildman–Crippen MR) is 44.8 cm³/mol. The minimum atomic E-state index is -0.312. The summed E-state index contributed by atoms with van der Waals surface area (Å²) in [6.07, 6.45) is 16.0. The van der Waals surface area contributed by atoms with Crippen LogP contribution in [0.4, 0.5) is 0 Å². The Bertz CT molecular complexity index is 249. The maximum absolute atomic E-state index is 2.31. The first-order valence-electron chi connectivity index (χ1n) is 3.93. The Balaban J connectivity index is 0.000000720. The van der Waals surface area contributed by atoms with Crippen molar-refractivity contribution in [2.75, 3.05) is 0 Å². The van der Waals surface area contributed by atoms with E-state index < -0.39 is 0 Å². The molecule has 0 atom stereocenters. The van der Waals surface area contributed by atoms with E-state index in [1.807, 2.05) is 0 Å². The Morgan fingerprint density at radius 3 is 1.83 bits per heavy atom. The summed E-state index contributed by atoms with van der Waals surface area (Å²) in [7, 11) is 0. The molecule has 2 rings (SSSR count). The van der Waals surface area contributed by atoms with E-state index in [1.165, 1.54) is 12.8 Å².